The van der Waals surface area contributed by atoms with Crippen molar-refractivity contribution >= 4 is 56.7 Å². The van der Waals surface area contributed by atoms with Crippen LogP contribution in [0.5, 0.6) is 5.75 Å². The average Bonchev–Trinajstić information content (AvgIpc) is 2.62. The number of piperidine rings is 1. The van der Waals surface area contributed by atoms with Crippen LogP contribution in [-0.2, 0) is 13.1 Å². The fourth-order valence-corrected chi connectivity index (χ4v) is 4.84. The summed E-state index contributed by atoms with van der Waals surface area (Å²) in [5.74, 6) is 0.914. The highest BCUT2D eigenvalue weighted by atomic mass is 79.9. The van der Waals surface area contributed by atoms with Crippen LogP contribution in [0, 0.1) is 0 Å². The summed E-state index contributed by atoms with van der Waals surface area (Å²) in [6.45, 7) is 4.17. The van der Waals surface area contributed by atoms with Gasteiger partial charge in [0.25, 0.3) is 0 Å². The van der Waals surface area contributed by atoms with Crippen LogP contribution in [0.25, 0.3) is 0 Å². The van der Waals surface area contributed by atoms with E-state index in [0.717, 1.165) is 40.9 Å². The molecule has 2 aromatic carbocycles. The predicted octanol–water partition coefficient (Wildman–Crippen LogP) is 5.82. The molecule has 150 valence electrons. The Morgan fingerprint density at radius 2 is 1.74 bits per heavy atom. The molecule has 1 saturated heterocycles. The Morgan fingerprint density at radius 3 is 2.37 bits per heavy atom. The van der Waals surface area contributed by atoms with Crippen LogP contribution >= 0.6 is 56.7 Å². The van der Waals surface area contributed by atoms with Gasteiger partial charge in [-0.05, 0) is 59.6 Å². The third kappa shape index (κ3) is 7.22. The molecule has 0 saturated carbocycles. The van der Waals surface area contributed by atoms with E-state index in [9.17, 15) is 0 Å². The minimum absolute atomic E-state index is 0. The number of ether oxygens (including phenoxy) is 1. The quantitative estimate of drug-likeness (QED) is 0.500. The SMILES string of the molecule is COc1c(Br)cc(Br)cc1CNC1CCN(Cc2ccccc2)CC1.Cl.Cl. The van der Waals surface area contributed by atoms with Crippen LogP contribution in [0.1, 0.15) is 24.0 Å². The Kier molecular flexibility index (Phi) is 11.3. The van der Waals surface area contributed by atoms with Crippen LogP contribution in [0.2, 0.25) is 0 Å². The molecule has 3 rings (SSSR count). The van der Waals surface area contributed by atoms with Crippen LogP contribution < -0.4 is 10.1 Å². The molecule has 1 N–H and O–H groups in total. The minimum Gasteiger partial charge on any atom is -0.495 e. The summed E-state index contributed by atoms with van der Waals surface area (Å²) >= 11 is 7.14. The van der Waals surface area contributed by atoms with Gasteiger partial charge in [-0.2, -0.15) is 0 Å². The Hall–Kier alpha value is -0.300. The molecule has 27 heavy (non-hydrogen) atoms. The van der Waals surface area contributed by atoms with Gasteiger partial charge in [0, 0.05) is 29.2 Å². The highest BCUT2D eigenvalue weighted by Gasteiger charge is 2.19. The van der Waals surface area contributed by atoms with E-state index in [-0.39, 0.29) is 24.8 Å². The third-order valence-electron chi connectivity index (χ3n) is 4.71. The summed E-state index contributed by atoms with van der Waals surface area (Å²) in [6, 6.07) is 15.4. The van der Waals surface area contributed by atoms with Gasteiger partial charge < -0.3 is 10.1 Å². The molecular weight excluding hydrogens is 515 g/mol. The van der Waals surface area contributed by atoms with E-state index in [0.29, 0.717) is 6.04 Å². The molecule has 0 aliphatic carbocycles. The Labute approximate surface area is 191 Å². The second-order valence-corrected chi connectivity index (χ2v) is 8.27. The lowest BCUT2D eigenvalue weighted by Crippen LogP contribution is -2.41. The molecule has 7 heteroatoms. The second kappa shape index (κ2) is 12.3. The van der Waals surface area contributed by atoms with E-state index < -0.39 is 0 Å². The van der Waals surface area contributed by atoms with Crippen molar-refractivity contribution in [1.82, 2.24) is 10.2 Å². The molecule has 0 radical (unpaired) electrons. The van der Waals surface area contributed by atoms with E-state index >= 15 is 0 Å². The maximum atomic E-state index is 5.54. The van der Waals surface area contributed by atoms with Gasteiger partial charge in [0.15, 0.2) is 0 Å². The van der Waals surface area contributed by atoms with Crippen molar-refractivity contribution in [1.29, 1.82) is 0 Å². The zero-order valence-electron chi connectivity index (χ0n) is 15.3. The lowest BCUT2D eigenvalue weighted by Gasteiger charge is -2.32. The number of benzene rings is 2. The van der Waals surface area contributed by atoms with Crippen molar-refractivity contribution in [3.63, 3.8) is 0 Å². The van der Waals surface area contributed by atoms with Gasteiger partial charge in [0.05, 0.1) is 11.6 Å². The smallest absolute Gasteiger partial charge is 0.137 e. The van der Waals surface area contributed by atoms with Gasteiger partial charge in [-0.1, -0.05) is 46.3 Å². The van der Waals surface area contributed by atoms with Crippen LogP contribution in [-0.4, -0.2) is 31.1 Å². The van der Waals surface area contributed by atoms with E-state index in [4.69, 9.17) is 4.74 Å². The molecule has 0 bridgehead atoms. The lowest BCUT2D eigenvalue weighted by molar-refractivity contribution is 0.190. The Morgan fingerprint density at radius 1 is 1.07 bits per heavy atom. The van der Waals surface area contributed by atoms with Crippen molar-refractivity contribution in [2.45, 2.75) is 32.0 Å². The Balaban J connectivity index is 0.00000182. The van der Waals surface area contributed by atoms with Gasteiger partial charge in [-0.15, -0.1) is 24.8 Å². The van der Waals surface area contributed by atoms with Crippen LogP contribution in [0.3, 0.4) is 0 Å². The van der Waals surface area contributed by atoms with Crippen molar-refractivity contribution in [2.24, 2.45) is 0 Å². The highest BCUT2D eigenvalue weighted by molar-refractivity contribution is 9.11. The zero-order valence-corrected chi connectivity index (χ0v) is 20.1. The molecule has 0 aromatic heterocycles. The van der Waals surface area contributed by atoms with E-state index in [1.807, 2.05) is 6.07 Å². The fraction of sp³-hybridized carbons (Fsp3) is 0.400. The molecule has 0 unspecified atom stereocenters. The topological polar surface area (TPSA) is 24.5 Å². The third-order valence-corrected chi connectivity index (χ3v) is 5.75. The highest BCUT2D eigenvalue weighted by Crippen LogP contribution is 2.32. The molecule has 1 fully saturated rings. The molecule has 3 nitrogen and oxygen atoms in total. The number of likely N-dealkylation sites (tertiary alicyclic amines) is 1. The normalized spacial score (nSPS) is 14.9. The van der Waals surface area contributed by atoms with E-state index in [1.54, 1.807) is 7.11 Å². The molecule has 1 aliphatic rings. The summed E-state index contributed by atoms with van der Waals surface area (Å²) in [5, 5.41) is 3.70. The van der Waals surface area contributed by atoms with E-state index in [2.05, 4.69) is 78.5 Å². The zero-order chi connectivity index (χ0) is 17.6. The molecule has 2 aromatic rings. The summed E-state index contributed by atoms with van der Waals surface area (Å²) in [6.07, 6.45) is 2.37. The number of hydrogen-bond donors (Lipinski definition) is 1. The van der Waals surface area contributed by atoms with Crippen molar-refractivity contribution in [2.75, 3.05) is 20.2 Å². The maximum absolute atomic E-state index is 5.54. The minimum atomic E-state index is 0. The number of nitrogens with zero attached hydrogens (tertiary/aromatic N) is 1. The largest absolute Gasteiger partial charge is 0.495 e. The van der Waals surface area contributed by atoms with Crippen LogP contribution in [0.4, 0.5) is 0 Å². The van der Waals surface area contributed by atoms with Crippen molar-refractivity contribution in [3.8, 4) is 5.75 Å². The van der Waals surface area contributed by atoms with Gasteiger partial charge in [0.2, 0.25) is 0 Å². The van der Waals surface area contributed by atoms with Crippen molar-refractivity contribution < 1.29 is 4.74 Å². The molecule has 0 atom stereocenters. The number of methoxy groups -OCH3 is 1. The van der Waals surface area contributed by atoms with Gasteiger partial charge in [0.1, 0.15) is 5.75 Å². The monoisotopic (exact) mass is 538 g/mol. The summed E-state index contributed by atoms with van der Waals surface area (Å²) in [4.78, 5) is 2.55. The summed E-state index contributed by atoms with van der Waals surface area (Å²) in [5.41, 5.74) is 2.58. The molecule has 1 heterocycles. The standard InChI is InChI=1S/C20H24Br2N2O.2ClH/c1-25-20-16(11-17(21)12-19(20)22)13-23-18-7-9-24(10-8-18)14-15-5-3-2-4-6-15;;/h2-6,11-12,18,23H,7-10,13-14H2,1H3;2*1H. The average molecular weight is 541 g/mol. The summed E-state index contributed by atoms with van der Waals surface area (Å²) in [7, 11) is 1.72. The molecule has 1 aliphatic heterocycles. The van der Waals surface area contributed by atoms with Gasteiger partial charge >= 0.3 is 0 Å². The number of halogens is 4. The number of rotatable bonds is 6. The number of hydrogen-bond acceptors (Lipinski definition) is 3. The molecular formula is C20H26Br2Cl2N2O. The van der Waals surface area contributed by atoms with Gasteiger partial charge in [-0.25, -0.2) is 0 Å². The maximum Gasteiger partial charge on any atom is 0.137 e. The predicted molar refractivity (Wildman–Crippen MR) is 124 cm³/mol. The van der Waals surface area contributed by atoms with Crippen LogP contribution in [0.15, 0.2) is 51.4 Å². The van der Waals surface area contributed by atoms with Crippen molar-refractivity contribution in [3.05, 3.63) is 62.5 Å². The molecule has 0 amide bonds. The lowest BCUT2D eigenvalue weighted by atomic mass is 10.0. The van der Waals surface area contributed by atoms with Gasteiger partial charge in [-0.3, -0.25) is 4.90 Å². The number of nitrogens with one attached hydrogen (secondary N) is 1. The Bertz CT molecular complexity index is 696. The first kappa shape index (κ1) is 24.7. The molecule has 0 spiro atoms. The first-order chi connectivity index (χ1) is 12.2. The fourth-order valence-electron chi connectivity index (χ4n) is 3.36. The first-order valence-corrected chi connectivity index (χ1v) is 10.3. The van der Waals surface area contributed by atoms with E-state index in [1.165, 1.54) is 24.0 Å². The second-order valence-electron chi connectivity index (χ2n) is 6.50. The first-order valence-electron chi connectivity index (χ1n) is 8.67. The summed E-state index contributed by atoms with van der Waals surface area (Å²) < 4.78 is 7.59.